The van der Waals surface area contributed by atoms with Gasteiger partial charge in [0, 0.05) is 36.8 Å². The van der Waals surface area contributed by atoms with Crippen molar-refractivity contribution in [2.45, 2.75) is 11.4 Å². The van der Waals surface area contributed by atoms with E-state index in [0.29, 0.717) is 49.4 Å². The summed E-state index contributed by atoms with van der Waals surface area (Å²) in [5, 5.41) is 9.88. The third-order valence-electron chi connectivity index (χ3n) is 5.00. The van der Waals surface area contributed by atoms with Crippen LogP contribution in [0.5, 0.6) is 0 Å². The van der Waals surface area contributed by atoms with Gasteiger partial charge in [0.2, 0.25) is 15.9 Å². The second kappa shape index (κ2) is 8.58. The highest BCUT2D eigenvalue weighted by molar-refractivity contribution is 7.89. The van der Waals surface area contributed by atoms with Gasteiger partial charge < -0.3 is 4.42 Å². The van der Waals surface area contributed by atoms with Gasteiger partial charge in [0.1, 0.15) is 6.07 Å². The number of benzene rings is 2. The maximum atomic E-state index is 12.9. The van der Waals surface area contributed by atoms with Crippen LogP contribution in [0, 0.1) is 11.3 Å². The molecule has 0 bridgehead atoms. The van der Waals surface area contributed by atoms with Crippen LogP contribution in [0.3, 0.4) is 0 Å². The molecule has 30 heavy (non-hydrogen) atoms. The van der Waals surface area contributed by atoms with Crippen molar-refractivity contribution in [3.8, 4) is 17.4 Å². The van der Waals surface area contributed by atoms with Crippen LogP contribution in [0.15, 0.2) is 64.0 Å². The first-order valence-electron chi connectivity index (χ1n) is 9.39. The third-order valence-corrected chi connectivity index (χ3v) is 7.21. The summed E-state index contributed by atoms with van der Waals surface area (Å²) in [5.41, 5.74) is 1.06. The van der Waals surface area contributed by atoms with Crippen LogP contribution >= 0.6 is 11.6 Å². The monoisotopic (exact) mass is 442 g/mol. The average Bonchev–Trinajstić information content (AvgIpc) is 3.23. The molecule has 0 atom stereocenters. The second-order valence-corrected chi connectivity index (χ2v) is 9.26. The predicted molar refractivity (Wildman–Crippen MR) is 112 cm³/mol. The number of hydrogen-bond acceptors (Lipinski definition) is 6. The maximum Gasteiger partial charge on any atom is 0.244 e. The van der Waals surface area contributed by atoms with Gasteiger partial charge in [-0.05, 0) is 36.4 Å². The Kier molecular flexibility index (Phi) is 5.88. The molecule has 0 saturated carbocycles. The van der Waals surface area contributed by atoms with Gasteiger partial charge in [0.15, 0.2) is 5.76 Å². The number of nitrogens with zero attached hydrogens (tertiary/aromatic N) is 4. The van der Waals surface area contributed by atoms with Gasteiger partial charge >= 0.3 is 0 Å². The quantitative estimate of drug-likeness (QED) is 0.601. The van der Waals surface area contributed by atoms with Gasteiger partial charge in [-0.1, -0.05) is 23.7 Å². The molecule has 1 saturated heterocycles. The number of rotatable bonds is 5. The summed E-state index contributed by atoms with van der Waals surface area (Å²) in [7, 11) is -3.70. The number of halogens is 1. The Labute approximate surface area is 180 Å². The zero-order chi connectivity index (χ0) is 21.1. The van der Waals surface area contributed by atoms with Gasteiger partial charge in [-0.2, -0.15) is 9.57 Å². The molecule has 4 rings (SSSR count). The lowest BCUT2D eigenvalue weighted by atomic mass is 10.2. The summed E-state index contributed by atoms with van der Waals surface area (Å²) >= 11 is 5.92. The Hall–Kier alpha value is -2.70. The van der Waals surface area contributed by atoms with E-state index in [0.717, 1.165) is 5.56 Å². The van der Waals surface area contributed by atoms with Crippen molar-refractivity contribution in [2.24, 2.45) is 0 Å². The highest BCUT2D eigenvalue weighted by Crippen LogP contribution is 2.24. The minimum absolute atomic E-state index is 0.0567. The maximum absolute atomic E-state index is 12.9. The first kappa shape index (κ1) is 20.6. The van der Waals surface area contributed by atoms with Crippen LogP contribution in [-0.2, 0) is 16.6 Å². The van der Waals surface area contributed by atoms with Crippen LogP contribution in [-0.4, -0.2) is 48.8 Å². The normalized spacial score (nSPS) is 15.7. The molecule has 2 aromatic carbocycles. The summed E-state index contributed by atoms with van der Waals surface area (Å²) in [6, 6.07) is 15.6. The molecule has 1 aliphatic heterocycles. The third kappa shape index (κ3) is 4.25. The minimum Gasteiger partial charge on any atom is -0.439 e. The lowest BCUT2D eigenvalue weighted by molar-refractivity contribution is 0.168. The van der Waals surface area contributed by atoms with Gasteiger partial charge in [0.25, 0.3) is 0 Å². The molecule has 1 aromatic heterocycles. The van der Waals surface area contributed by atoms with Crippen molar-refractivity contribution in [1.29, 1.82) is 5.26 Å². The van der Waals surface area contributed by atoms with Crippen molar-refractivity contribution >= 4 is 21.6 Å². The smallest absolute Gasteiger partial charge is 0.244 e. The fraction of sp³-hybridized carbons (Fsp3) is 0.238. The van der Waals surface area contributed by atoms with Gasteiger partial charge in [0.05, 0.1) is 23.2 Å². The fourth-order valence-corrected chi connectivity index (χ4v) is 5.06. The highest BCUT2D eigenvalue weighted by atomic mass is 35.5. The van der Waals surface area contributed by atoms with E-state index in [1.54, 1.807) is 30.5 Å². The number of aromatic nitrogens is 1. The molecule has 0 unspecified atom stereocenters. The summed E-state index contributed by atoms with van der Waals surface area (Å²) in [6.45, 7) is 2.27. The van der Waals surface area contributed by atoms with Crippen LogP contribution < -0.4 is 0 Å². The van der Waals surface area contributed by atoms with Crippen molar-refractivity contribution in [2.75, 3.05) is 26.2 Å². The SMILES string of the molecule is N#Cc1ccccc1S(=O)(=O)N1CCN(Cc2ncc(-c3ccc(Cl)cc3)o2)CC1. The van der Waals surface area contributed by atoms with Crippen LogP contribution in [0.2, 0.25) is 5.02 Å². The number of piperazine rings is 1. The molecule has 2 heterocycles. The van der Waals surface area contributed by atoms with Crippen LogP contribution in [0.4, 0.5) is 0 Å². The molecule has 1 aliphatic rings. The first-order valence-corrected chi connectivity index (χ1v) is 11.2. The zero-order valence-electron chi connectivity index (χ0n) is 16.0. The molecule has 0 N–H and O–H groups in total. The van der Waals surface area contributed by atoms with E-state index in [2.05, 4.69) is 9.88 Å². The largest absolute Gasteiger partial charge is 0.439 e. The van der Waals surface area contributed by atoms with E-state index < -0.39 is 10.0 Å². The topological polar surface area (TPSA) is 90.4 Å². The molecule has 1 fully saturated rings. The number of hydrogen-bond donors (Lipinski definition) is 0. The molecule has 0 spiro atoms. The van der Waals surface area contributed by atoms with E-state index in [9.17, 15) is 13.7 Å². The first-order chi connectivity index (χ1) is 14.5. The van der Waals surface area contributed by atoms with Crippen molar-refractivity contribution in [3.63, 3.8) is 0 Å². The van der Waals surface area contributed by atoms with E-state index in [1.165, 1.54) is 16.4 Å². The minimum atomic E-state index is -3.70. The molecule has 0 aliphatic carbocycles. The zero-order valence-corrected chi connectivity index (χ0v) is 17.6. The number of nitriles is 1. The Morgan fingerprint density at radius 3 is 2.47 bits per heavy atom. The van der Waals surface area contributed by atoms with E-state index in [-0.39, 0.29) is 10.5 Å². The number of sulfonamides is 1. The standard InChI is InChI=1S/C21H19ClN4O3S/c22-18-7-5-16(6-8-18)19-14-24-21(29-19)15-25-9-11-26(12-10-25)30(27,28)20-4-2-1-3-17(20)13-23/h1-8,14H,9-12,15H2. The summed E-state index contributed by atoms with van der Waals surface area (Å²) in [6.07, 6.45) is 1.68. The fourth-order valence-electron chi connectivity index (χ4n) is 3.37. The molecule has 154 valence electrons. The van der Waals surface area contributed by atoms with Crippen molar-refractivity contribution in [1.82, 2.24) is 14.2 Å². The van der Waals surface area contributed by atoms with Crippen LogP contribution in [0.1, 0.15) is 11.5 Å². The average molecular weight is 443 g/mol. The number of oxazole rings is 1. The lowest BCUT2D eigenvalue weighted by Crippen LogP contribution is -2.48. The molecular weight excluding hydrogens is 424 g/mol. The Bertz CT molecular complexity index is 1180. The van der Waals surface area contributed by atoms with Gasteiger partial charge in [-0.15, -0.1) is 0 Å². The van der Waals surface area contributed by atoms with E-state index in [4.69, 9.17) is 16.0 Å². The second-order valence-electron chi connectivity index (χ2n) is 6.91. The molecule has 3 aromatic rings. The molecular formula is C21H19ClN4O3S. The summed E-state index contributed by atoms with van der Waals surface area (Å²) in [5.74, 6) is 1.24. The van der Waals surface area contributed by atoms with Crippen LogP contribution in [0.25, 0.3) is 11.3 Å². The highest BCUT2D eigenvalue weighted by Gasteiger charge is 2.30. The molecule has 0 amide bonds. The van der Waals surface area contributed by atoms with Crippen molar-refractivity contribution in [3.05, 3.63) is 71.2 Å². The predicted octanol–water partition coefficient (Wildman–Crippen LogP) is 3.37. The van der Waals surface area contributed by atoms with Crippen molar-refractivity contribution < 1.29 is 12.8 Å². The summed E-state index contributed by atoms with van der Waals surface area (Å²) < 4.78 is 33.1. The van der Waals surface area contributed by atoms with E-state index >= 15 is 0 Å². The summed E-state index contributed by atoms with van der Waals surface area (Å²) in [4.78, 5) is 6.49. The molecule has 9 heteroatoms. The Morgan fingerprint density at radius 2 is 1.77 bits per heavy atom. The lowest BCUT2D eigenvalue weighted by Gasteiger charge is -2.33. The van der Waals surface area contributed by atoms with E-state index in [1.807, 2.05) is 18.2 Å². The Balaban J connectivity index is 1.39. The molecule has 7 nitrogen and oxygen atoms in total. The van der Waals surface area contributed by atoms with Gasteiger partial charge in [-0.25, -0.2) is 13.4 Å². The van der Waals surface area contributed by atoms with Gasteiger partial charge in [-0.3, -0.25) is 4.90 Å². The molecule has 0 radical (unpaired) electrons. The Morgan fingerprint density at radius 1 is 1.07 bits per heavy atom.